The molecule has 76 valence electrons. The molecule has 0 radical (unpaired) electrons. The summed E-state index contributed by atoms with van der Waals surface area (Å²) in [4.78, 5) is 13.2. The zero-order chi connectivity index (χ0) is 9.68. The van der Waals surface area contributed by atoms with Gasteiger partial charge < -0.3 is 9.64 Å². The summed E-state index contributed by atoms with van der Waals surface area (Å²) in [6, 6.07) is 0. The van der Waals surface area contributed by atoms with E-state index in [1.807, 2.05) is 11.8 Å². The highest BCUT2D eigenvalue weighted by Crippen LogP contribution is 2.16. The van der Waals surface area contributed by atoms with Crippen LogP contribution in [0.15, 0.2) is 0 Å². The molecule has 0 saturated carbocycles. The fraction of sp³-hybridized carbons (Fsp3) is 0.900. The van der Waals surface area contributed by atoms with E-state index in [4.69, 9.17) is 4.74 Å². The summed E-state index contributed by atoms with van der Waals surface area (Å²) in [6.45, 7) is 6.24. The minimum Gasteiger partial charge on any atom is -0.450 e. The van der Waals surface area contributed by atoms with Gasteiger partial charge in [-0.15, -0.1) is 0 Å². The molecule has 1 aliphatic rings. The zero-order valence-electron chi connectivity index (χ0n) is 8.58. The minimum atomic E-state index is -0.142. The normalized spacial score (nSPS) is 23.8. The van der Waals surface area contributed by atoms with Crippen molar-refractivity contribution in [2.24, 2.45) is 5.92 Å². The van der Waals surface area contributed by atoms with Crippen molar-refractivity contribution in [2.45, 2.75) is 33.1 Å². The SMILES string of the molecule is CCOC(=O)N1CCCCC(C)C1. The second kappa shape index (κ2) is 5.10. The fourth-order valence-electron chi connectivity index (χ4n) is 1.73. The number of carbonyl (C=O) groups excluding carboxylic acids is 1. The maximum Gasteiger partial charge on any atom is 0.409 e. The third kappa shape index (κ3) is 3.25. The van der Waals surface area contributed by atoms with Crippen molar-refractivity contribution in [3.8, 4) is 0 Å². The topological polar surface area (TPSA) is 29.5 Å². The molecule has 1 unspecified atom stereocenters. The van der Waals surface area contributed by atoms with Gasteiger partial charge in [0.2, 0.25) is 0 Å². The van der Waals surface area contributed by atoms with Crippen molar-refractivity contribution < 1.29 is 9.53 Å². The second-order valence-electron chi connectivity index (χ2n) is 3.75. The number of hydrogen-bond donors (Lipinski definition) is 0. The Bertz CT molecular complexity index is 170. The molecule has 0 bridgehead atoms. The van der Waals surface area contributed by atoms with Gasteiger partial charge in [-0.1, -0.05) is 13.3 Å². The van der Waals surface area contributed by atoms with Crippen molar-refractivity contribution in [1.29, 1.82) is 0 Å². The standard InChI is InChI=1S/C10H19NO2/c1-3-13-10(12)11-7-5-4-6-9(2)8-11/h9H,3-8H2,1-2H3. The Morgan fingerprint density at radius 2 is 2.31 bits per heavy atom. The summed E-state index contributed by atoms with van der Waals surface area (Å²) in [6.07, 6.45) is 3.44. The summed E-state index contributed by atoms with van der Waals surface area (Å²) in [5.74, 6) is 0.618. The molecule has 3 heteroatoms. The first kappa shape index (κ1) is 10.4. The molecule has 0 N–H and O–H groups in total. The van der Waals surface area contributed by atoms with Gasteiger partial charge in [0.25, 0.3) is 0 Å². The average molecular weight is 185 g/mol. The van der Waals surface area contributed by atoms with Crippen LogP contribution in [-0.4, -0.2) is 30.7 Å². The first-order valence-corrected chi connectivity index (χ1v) is 5.15. The molecular formula is C10H19NO2. The highest BCUT2D eigenvalue weighted by atomic mass is 16.6. The number of amides is 1. The van der Waals surface area contributed by atoms with Gasteiger partial charge in [0.05, 0.1) is 6.61 Å². The Labute approximate surface area is 80.1 Å². The Morgan fingerprint density at radius 3 is 3.00 bits per heavy atom. The van der Waals surface area contributed by atoms with E-state index in [-0.39, 0.29) is 6.09 Å². The molecule has 0 aromatic carbocycles. The third-order valence-corrected chi connectivity index (χ3v) is 2.43. The van der Waals surface area contributed by atoms with Crippen LogP contribution in [0.3, 0.4) is 0 Å². The first-order valence-electron chi connectivity index (χ1n) is 5.15. The molecule has 1 fully saturated rings. The highest BCUT2D eigenvalue weighted by molar-refractivity contribution is 5.67. The Kier molecular flexibility index (Phi) is 4.06. The molecule has 1 saturated heterocycles. The van der Waals surface area contributed by atoms with Crippen molar-refractivity contribution in [3.05, 3.63) is 0 Å². The predicted octanol–water partition coefficient (Wildman–Crippen LogP) is 2.26. The smallest absolute Gasteiger partial charge is 0.409 e. The van der Waals surface area contributed by atoms with E-state index < -0.39 is 0 Å². The van der Waals surface area contributed by atoms with E-state index in [1.54, 1.807) is 0 Å². The molecular weight excluding hydrogens is 166 g/mol. The predicted molar refractivity (Wildman–Crippen MR) is 51.6 cm³/mol. The van der Waals surface area contributed by atoms with E-state index in [2.05, 4.69) is 6.92 Å². The van der Waals surface area contributed by atoms with E-state index in [0.29, 0.717) is 12.5 Å². The van der Waals surface area contributed by atoms with Crippen LogP contribution in [-0.2, 0) is 4.74 Å². The molecule has 13 heavy (non-hydrogen) atoms. The largest absolute Gasteiger partial charge is 0.450 e. The Balaban J connectivity index is 2.42. The Hall–Kier alpha value is -0.730. The van der Waals surface area contributed by atoms with Crippen LogP contribution in [0.2, 0.25) is 0 Å². The molecule has 0 aliphatic carbocycles. The van der Waals surface area contributed by atoms with Crippen molar-refractivity contribution >= 4 is 6.09 Å². The molecule has 3 nitrogen and oxygen atoms in total. The van der Waals surface area contributed by atoms with E-state index in [9.17, 15) is 4.79 Å². The number of hydrogen-bond acceptors (Lipinski definition) is 2. The second-order valence-corrected chi connectivity index (χ2v) is 3.75. The third-order valence-electron chi connectivity index (χ3n) is 2.43. The molecule has 0 aromatic heterocycles. The summed E-state index contributed by atoms with van der Waals surface area (Å²) >= 11 is 0. The van der Waals surface area contributed by atoms with Crippen LogP contribution in [0, 0.1) is 5.92 Å². The van der Waals surface area contributed by atoms with Gasteiger partial charge in [-0.05, 0) is 25.7 Å². The number of ether oxygens (including phenoxy) is 1. The molecule has 1 heterocycles. The average Bonchev–Trinajstić information content (AvgIpc) is 2.30. The minimum absolute atomic E-state index is 0.142. The van der Waals surface area contributed by atoms with Crippen LogP contribution in [0.4, 0.5) is 4.79 Å². The van der Waals surface area contributed by atoms with E-state index >= 15 is 0 Å². The van der Waals surface area contributed by atoms with Gasteiger partial charge in [0, 0.05) is 13.1 Å². The lowest BCUT2D eigenvalue weighted by Gasteiger charge is -2.21. The number of nitrogens with zero attached hydrogens (tertiary/aromatic N) is 1. The summed E-state index contributed by atoms with van der Waals surface area (Å²) < 4.78 is 4.97. The van der Waals surface area contributed by atoms with E-state index in [1.165, 1.54) is 12.8 Å². The number of carbonyl (C=O) groups is 1. The molecule has 1 atom stereocenters. The summed E-state index contributed by atoms with van der Waals surface area (Å²) in [5.41, 5.74) is 0. The van der Waals surface area contributed by atoms with Crippen molar-refractivity contribution in [2.75, 3.05) is 19.7 Å². The van der Waals surface area contributed by atoms with Gasteiger partial charge >= 0.3 is 6.09 Å². The quantitative estimate of drug-likeness (QED) is 0.627. The van der Waals surface area contributed by atoms with E-state index in [0.717, 1.165) is 19.5 Å². The lowest BCUT2D eigenvalue weighted by molar-refractivity contribution is 0.104. The molecule has 0 spiro atoms. The lowest BCUT2D eigenvalue weighted by Crippen LogP contribution is -2.34. The zero-order valence-corrected chi connectivity index (χ0v) is 8.58. The lowest BCUT2D eigenvalue weighted by atomic mass is 10.1. The molecule has 1 aliphatic heterocycles. The van der Waals surface area contributed by atoms with Gasteiger partial charge in [-0.3, -0.25) is 0 Å². The van der Waals surface area contributed by atoms with Crippen LogP contribution < -0.4 is 0 Å². The molecule has 1 amide bonds. The van der Waals surface area contributed by atoms with Gasteiger partial charge in [0.1, 0.15) is 0 Å². The maximum absolute atomic E-state index is 11.4. The van der Waals surface area contributed by atoms with Crippen LogP contribution in [0.25, 0.3) is 0 Å². The van der Waals surface area contributed by atoms with Crippen molar-refractivity contribution in [3.63, 3.8) is 0 Å². The van der Waals surface area contributed by atoms with Crippen LogP contribution in [0.5, 0.6) is 0 Å². The molecule has 1 rings (SSSR count). The van der Waals surface area contributed by atoms with Crippen LogP contribution in [0.1, 0.15) is 33.1 Å². The number of rotatable bonds is 1. The summed E-state index contributed by atoms with van der Waals surface area (Å²) in [5, 5.41) is 0. The fourth-order valence-corrected chi connectivity index (χ4v) is 1.73. The first-order chi connectivity index (χ1) is 6.24. The van der Waals surface area contributed by atoms with Crippen molar-refractivity contribution in [1.82, 2.24) is 4.90 Å². The summed E-state index contributed by atoms with van der Waals surface area (Å²) in [7, 11) is 0. The van der Waals surface area contributed by atoms with Gasteiger partial charge in [-0.25, -0.2) is 4.79 Å². The van der Waals surface area contributed by atoms with Gasteiger partial charge in [0.15, 0.2) is 0 Å². The van der Waals surface area contributed by atoms with Gasteiger partial charge in [-0.2, -0.15) is 0 Å². The maximum atomic E-state index is 11.4. The Morgan fingerprint density at radius 1 is 1.54 bits per heavy atom. The molecule has 0 aromatic rings. The highest BCUT2D eigenvalue weighted by Gasteiger charge is 2.19. The van der Waals surface area contributed by atoms with Crippen LogP contribution >= 0.6 is 0 Å². The monoisotopic (exact) mass is 185 g/mol. The number of likely N-dealkylation sites (tertiary alicyclic amines) is 1.